The third-order valence-electron chi connectivity index (χ3n) is 15.5. The fourth-order valence-corrected chi connectivity index (χ4v) is 11.8. The van der Waals surface area contributed by atoms with Crippen molar-refractivity contribution in [3.8, 4) is 0 Å². The van der Waals surface area contributed by atoms with Crippen LogP contribution in [-0.4, -0.2) is 205 Å². The molecule has 0 radical (unpaired) electrons. The lowest BCUT2D eigenvalue weighted by atomic mass is 9.80. The molecule has 3 aliphatic rings. The Labute approximate surface area is 597 Å². The molecule has 0 bridgehead atoms. The molecule has 3 aromatic carbocycles. The lowest BCUT2D eigenvalue weighted by Gasteiger charge is -2.50. The van der Waals surface area contributed by atoms with Crippen LogP contribution in [0.5, 0.6) is 0 Å². The van der Waals surface area contributed by atoms with Gasteiger partial charge in [0.25, 0.3) is 5.91 Å². The Morgan fingerprint density at radius 3 is 1.40 bits per heavy atom. The van der Waals surface area contributed by atoms with Crippen molar-refractivity contribution in [3.63, 3.8) is 0 Å². The predicted molar refractivity (Wildman–Crippen MR) is 368 cm³/mol. The molecule has 6 amide bonds. The van der Waals surface area contributed by atoms with E-state index in [-0.39, 0.29) is 32.4 Å². The average molecular weight is 1440 g/mol. The Morgan fingerprint density at radius 2 is 0.941 bits per heavy atom. The van der Waals surface area contributed by atoms with E-state index in [1.54, 1.807) is 104 Å². The van der Waals surface area contributed by atoms with Gasteiger partial charge in [0.1, 0.15) is 64.1 Å². The smallest absolute Gasteiger partial charge is 0.410 e. The maximum atomic E-state index is 15.1. The molecule has 29 heteroatoms. The van der Waals surface area contributed by atoms with E-state index < -0.39 is 186 Å². The van der Waals surface area contributed by atoms with Gasteiger partial charge in [-0.2, -0.15) is 0 Å². The van der Waals surface area contributed by atoms with E-state index in [0.29, 0.717) is 16.7 Å². The number of alkyl carbamates (subject to hydrolysis) is 4. The van der Waals surface area contributed by atoms with Crippen molar-refractivity contribution < 1.29 is 110 Å². The zero-order valence-electron chi connectivity index (χ0n) is 62.1. The van der Waals surface area contributed by atoms with Gasteiger partial charge in [0, 0.05) is 47.3 Å². The van der Waals surface area contributed by atoms with Crippen molar-refractivity contribution in [2.24, 2.45) is 0 Å². The number of carbonyl (C=O) groups excluding carboxylic acids is 9. The number of likely N-dealkylation sites (N-methyl/N-ethyl adjacent to an activating group) is 1. The second-order valence-electron chi connectivity index (χ2n) is 30.4. The molecule has 566 valence electrons. The highest BCUT2D eigenvalue weighted by Gasteiger charge is 2.57. The highest BCUT2D eigenvalue weighted by atomic mass is 16.7. The number of amides is 6. The Kier molecular flexibility index (Phi) is 28.5. The molecule has 1 saturated carbocycles. The van der Waals surface area contributed by atoms with Crippen LogP contribution in [0, 0.1) is 0 Å². The zero-order chi connectivity index (χ0) is 75.9. The van der Waals surface area contributed by atoms with Gasteiger partial charge in [-0.1, -0.05) is 91.0 Å². The topological polar surface area (TPSA) is 357 Å². The summed E-state index contributed by atoms with van der Waals surface area (Å²) >= 11 is 0. The lowest BCUT2D eigenvalue weighted by Crippen LogP contribution is -2.71. The van der Waals surface area contributed by atoms with Gasteiger partial charge in [0.2, 0.25) is 0 Å². The van der Waals surface area contributed by atoms with Crippen molar-refractivity contribution in [2.45, 2.75) is 269 Å². The highest BCUT2D eigenvalue weighted by molar-refractivity contribution is 5.84. The monoisotopic (exact) mass is 1430 g/mol. The minimum Gasteiger partial charge on any atom is -0.457 e. The lowest BCUT2D eigenvalue weighted by molar-refractivity contribution is -0.321. The number of aliphatic hydroxyl groups is 1. The van der Waals surface area contributed by atoms with Crippen LogP contribution in [0.15, 0.2) is 91.0 Å². The highest BCUT2D eigenvalue weighted by Crippen LogP contribution is 2.43. The molecule has 14 atom stereocenters. The van der Waals surface area contributed by atoms with Crippen LogP contribution in [0.4, 0.5) is 24.0 Å². The normalized spacial score (nSPS) is 24.4. The summed E-state index contributed by atoms with van der Waals surface area (Å²) in [6.07, 6.45) is -22.0. The van der Waals surface area contributed by atoms with Crippen molar-refractivity contribution in [1.82, 2.24) is 31.5 Å². The summed E-state index contributed by atoms with van der Waals surface area (Å²) in [7, 11) is 1.51. The molecule has 6 unspecified atom stereocenters. The summed E-state index contributed by atoms with van der Waals surface area (Å²) in [5, 5.41) is 27.3. The molecular weight excluding hydrogens is 1330 g/mol. The summed E-state index contributed by atoms with van der Waals surface area (Å²) in [6.45, 7) is 27.0. The van der Waals surface area contributed by atoms with E-state index in [0.717, 1.165) is 20.8 Å². The SMILES string of the molecule is CC(=O)OC1[C@@H](O[C@@H]2C(O)C(O[C@H]3OC(CN(C)C(=O)OC(C)(C)C)CCC3NC(=O)OC(C)(C)C)[C@H](NC(=O)OC(C)(C)C)C[C@H]2NC(=O)[C@H](CCNC(=O)OC(C)(C)C)OC(C)=O)OC(COC(c2ccccc2)(c2ccccc2)c2ccccc2)[C@H](OC(C)=O)[C@@H]1NC(=O)OC(C)(C)C. The van der Waals surface area contributed by atoms with Gasteiger partial charge in [-0.3, -0.25) is 19.2 Å². The first-order chi connectivity index (χ1) is 47.4. The third kappa shape index (κ3) is 25.6. The summed E-state index contributed by atoms with van der Waals surface area (Å²) in [5.74, 6) is -3.79. The standard InChI is InChI=1S/C73H106N6O23/c1-42(80)91-52(37-38-74-63(85)98-68(4,5)6)60(84)75-50-39-51(77-65(87)100-70(10,11)12)57(96-61-49(76-64(86)99-69(7,8)9)36-35-48(94-61)40-79(19)67(89)102-72(16,17)18)55(83)56(50)97-62-59(93-44(3)82)54(78-66(88)101-71(13,14)15)58(92-43(2)81)53(95-62)41-90-73(45-29-23-20-24-30-45,46-31-25-21-26-32-46)47-33-27-22-28-34-47/h20-34,48-59,61-62,83H,35-41H2,1-19H3,(H,74,85)(H,75,84)(H,76,86)(H,77,87)(H,78,88)/t48?,49?,50-,51-,52+,53?,54+,55?,56+,57?,58+,59?,61-,62-/m1/s1. The van der Waals surface area contributed by atoms with Gasteiger partial charge in [-0.05, 0) is 140 Å². The molecule has 2 saturated heterocycles. The minimum atomic E-state index is -2.14. The number of aliphatic hydroxyl groups excluding tert-OH is 1. The number of nitrogens with zero attached hydrogens (tertiary/aromatic N) is 1. The fraction of sp³-hybridized carbons (Fsp3) is 0.630. The summed E-state index contributed by atoms with van der Waals surface area (Å²) in [4.78, 5) is 125. The van der Waals surface area contributed by atoms with Crippen LogP contribution in [0.2, 0.25) is 0 Å². The van der Waals surface area contributed by atoms with Gasteiger partial charge in [0.15, 0.2) is 30.9 Å². The second-order valence-corrected chi connectivity index (χ2v) is 30.4. The molecule has 1 aliphatic carbocycles. The molecular formula is C73H106N6O23. The molecule has 6 rings (SSSR count). The molecule has 2 aliphatic heterocycles. The van der Waals surface area contributed by atoms with Gasteiger partial charge in [0.05, 0.1) is 30.8 Å². The van der Waals surface area contributed by atoms with Crippen molar-refractivity contribution in [2.75, 3.05) is 26.7 Å². The number of carbonyl (C=O) groups is 9. The van der Waals surface area contributed by atoms with E-state index >= 15 is 4.79 Å². The second kappa shape index (κ2) is 35.2. The summed E-state index contributed by atoms with van der Waals surface area (Å²) < 4.78 is 81.0. The van der Waals surface area contributed by atoms with Gasteiger partial charge < -0.3 is 98.2 Å². The van der Waals surface area contributed by atoms with Crippen LogP contribution in [0.1, 0.15) is 167 Å². The largest absolute Gasteiger partial charge is 0.457 e. The molecule has 3 fully saturated rings. The van der Waals surface area contributed by atoms with Gasteiger partial charge in [-0.25, -0.2) is 24.0 Å². The van der Waals surface area contributed by atoms with Crippen LogP contribution >= 0.6 is 0 Å². The minimum absolute atomic E-state index is 0.0746. The maximum Gasteiger partial charge on any atom is 0.410 e. The zero-order valence-corrected chi connectivity index (χ0v) is 62.1. The number of esters is 3. The fourth-order valence-electron chi connectivity index (χ4n) is 11.8. The first kappa shape index (κ1) is 82.6. The van der Waals surface area contributed by atoms with Crippen molar-refractivity contribution in [3.05, 3.63) is 108 Å². The molecule has 3 aromatic rings. The van der Waals surface area contributed by atoms with E-state index in [2.05, 4.69) is 26.6 Å². The number of hydrogen-bond acceptors (Lipinski definition) is 23. The number of nitrogens with one attached hydrogen (secondary N) is 5. The molecule has 29 nitrogen and oxygen atoms in total. The van der Waals surface area contributed by atoms with Crippen LogP contribution in [0.3, 0.4) is 0 Å². The van der Waals surface area contributed by atoms with E-state index in [1.807, 2.05) is 91.0 Å². The third-order valence-corrected chi connectivity index (χ3v) is 15.5. The number of ether oxygens (including phenoxy) is 13. The molecule has 2 heterocycles. The van der Waals surface area contributed by atoms with E-state index in [4.69, 9.17) is 61.6 Å². The van der Waals surface area contributed by atoms with Crippen LogP contribution in [-0.2, 0) is 86.4 Å². The molecule has 0 aromatic heterocycles. The van der Waals surface area contributed by atoms with Crippen molar-refractivity contribution in [1.29, 1.82) is 0 Å². The maximum absolute atomic E-state index is 15.1. The Bertz CT molecular complexity index is 3200. The van der Waals surface area contributed by atoms with Gasteiger partial charge >= 0.3 is 48.4 Å². The molecule has 102 heavy (non-hydrogen) atoms. The van der Waals surface area contributed by atoms with E-state index in [9.17, 15) is 43.5 Å². The molecule has 0 spiro atoms. The number of benzene rings is 3. The number of rotatable bonds is 23. The van der Waals surface area contributed by atoms with E-state index in [1.165, 1.54) is 11.9 Å². The number of hydrogen-bond donors (Lipinski definition) is 6. The first-order valence-corrected chi connectivity index (χ1v) is 34.2. The Balaban J connectivity index is 1.58. The Hall–Kier alpha value is -8.35. The van der Waals surface area contributed by atoms with Crippen molar-refractivity contribution >= 4 is 54.3 Å². The first-order valence-electron chi connectivity index (χ1n) is 34.2. The van der Waals surface area contributed by atoms with Gasteiger partial charge in [-0.15, -0.1) is 0 Å². The Morgan fingerprint density at radius 1 is 0.510 bits per heavy atom. The quantitative estimate of drug-likeness (QED) is 0.0294. The van der Waals surface area contributed by atoms with Crippen LogP contribution < -0.4 is 26.6 Å². The summed E-state index contributed by atoms with van der Waals surface area (Å²) in [5.41, 5.74) is -4.61. The predicted octanol–water partition coefficient (Wildman–Crippen LogP) is 8.50. The van der Waals surface area contributed by atoms with Crippen LogP contribution in [0.25, 0.3) is 0 Å². The average Bonchev–Trinajstić information content (AvgIpc) is 0.765. The molecule has 6 N–H and O–H groups in total. The summed E-state index contributed by atoms with van der Waals surface area (Å²) in [6, 6.07) is 21.9.